The number of piperidine rings is 2. The van der Waals surface area contributed by atoms with E-state index in [1.165, 1.54) is 0 Å². The van der Waals surface area contributed by atoms with Crippen LogP contribution in [0.2, 0.25) is 0 Å². The van der Waals surface area contributed by atoms with E-state index in [1.807, 2.05) is 40.1 Å². The molecule has 3 fully saturated rings. The maximum absolute atomic E-state index is 12.9. The lowest BCUT2D eigenvalue weighted by Crippen LogP contribution is -2.47. The fourth-order valence-electron chi connectivity index (χ4n) is 4.32. The van der Waals surface area contributed by atoms with E-state index in [4.69, 9.17) is 0 Å². The van der Waals surface area contributed by atoms with Crippen molar-refractivity contribution in [2.24, 2.45) is 17.8 Å². The highest BCUT2D eigenvalue weighted by molar-refractivity contribution is 5.92. The molecule has 28 heavy (non-hydrogen) atoms. The van der Waals surface area contributed by atoms with Crippen molar-refractivity contribution in [3.05, 3.63) is 30.3 Å². The average molecular weight is 383 g/mol. The molecule has 0 bridgehead atoms. The second-order valence-electron chi connectivity index (χ2n) is 8.33. The minimum Gasteiger partial charge on any atom is -0.342 e. The van der Waals surface area contributed by atoms with E-state index >= 15 is 0 Å². The summed E-state index contributed by atoms with van der Waals surface area (Å²) in [4.78, 5) is 41.4. The Morgan fingerprint density at radius 3 is 1.64 bits per heavy atom. The first kappa shape index (κ1) is 19.0. The van der Waals surface area contributed by atoms with Gasteiger partial charge in [0, 0.05) is 49.6 Å². The molecule has 2 heterocycles. The Bertz CT molecular complexity index is 716. The van der Waals surface area contributed by atoms with Gasteiger partial charge in [-0.2, -0.15) is 0 Å². The van der Waals surface area contributed by atoms with Crippen LogP contribution >= 0.6 is 0 Å². The number of amides is 3. The topological polar surface area (TPSA) is 69.7 Å². The van der Waals surface area contributed by atoms with Crippen molar-refractivity contribution >= 4 is 23.4 Å². The maximum atomic E-state index is 12.9. The van der Waals surface area contributed by atoms with E-state index in [1.54, 1.807) is 0 Å². The highest BCUT2D eigenvalue weighted by atomic mass is 16.2. The van der Waals surface area contributed by atoms with Gasteiger partial charge in [0.25, 0.3) is 0 Å². The fraction of sp³-hybridized carbons (Fsp3) is 0.591. The van der Waals surface area contributed by atoms with Gasteiger partial charge in [0.05, 0.1) is 0 Å². The number of nitrogens with zero attached hydrogens (tertiary/aromatic N) is 2. The summed E-state index contributed by atoms with van der Waals surface area (Å²) in [5.74, 6) is 0.787. The molecule has 1 aromatic rings. The highest BCUT2D eigenvalue weighted by Crippen LogP contribution is 2.33. The molecule has 1 saturated carbocycles. The molecule has 2 aliphatic heterocycles. The molecule has 0 spiro atoms. The van der Waals surface area contributed by atoms with Crippen LogP contribution in [0.15, 0.2) is 30.3 Å². The van der Waals surface area contributed by atoms with Crippen LogP contribution in [0, 0.1) is 17.8 Å². The number of benzene rings is 1. The summed E-state index contributed by atoms with van der Waals surface area (Å²) < 4.78 is 0. The molecule has 6 nitrogen and oxygen atoms in total. The summed E-state index contributed by atoms with van der Waals surface area (Å²) in [6, 6.07) is 9.50. The third-order valence-electron chi connectivity index (χ3n) is 6.30. The van der Waals surface area contributed by atoms with Crippen molar-refractivity contribution < 1.29 is 14.4 Å². The molecule has 3 aliphatic rings. The first-order valence-electron chi connectivity index (χ1n) is 10.6. The Labute approximate surface area is 166 Å². The molecular weight excluding hydrogens is 354 g/mol. The normalized spacial score (nSPS) is 21.4. The first-order valence-corrected chi connectivity index (χ1v) is 10.6. The van der Waals surface area contributed by atoms with Gasteiger partial charge in [-0.05, 0) is 50.7 Å². The predicted molar refractivity (Wildman–Crippen MR) is 106 cm³/mol. The molecule has 3 amide bonds. The Balaban J connectivity index is 1.22. The maximum Gasteiger partial charge on any atom is 0.227 e. The number of para-hydroxylation sites is 1. The number of rotatable bonds is 4. The number of hydrogen-bond acceptors (Lipinski definition) is 3. The number of nitrogens with one attached hydrogen (secondary N) is 1. The van der Waals surface area contributed by atoms with Gasteiger partial charge < -0.3 is 15.1 Å². The molecule has 2 saturated heterocycles. The molecule has 0 unspecified atom stereocenters. The number of anilines is 1. The minimum absolute atomic E-state index is 0.0259. The first-order chi connectivity index (χ1) is 13.6. The van der Waals surface area contributed by atoms with Crippen LogP contribution < -0.4 is 5.32 Å². The van der Waals surface area contributed by atoms with Gasteiger partial charge in [0.1, 0.15) is 0 Å². The third-order valence-corrected chi connectivity index (χ3v) is 6.30. The molecule has 4 rings (SSSR count). The average Bonchev–Trinajstić information content (AvgIpc) is 3.59. The van der Waals surface area contributed by atoms with Crippen LogP contribution in [0.5, 0.6) is 0 Å². The van der Waals surface area contributed by atoms with E-state index in [0.717, 1.165) is 31.4 Å². The summed E-state index contributed by atoms with van der Waals surface area (Å²) >= 11 is 0. The zero-order valence-electron chi connectivity index (χ0n) is 16.3. The molecule has 1 N–H and O–H groups in total. The van der Waals surface area contributed by atoms with Crippen LogP contribution in [-0.2, 0) is 14.4 Å². The van der Waals surface area contributed by atoms with Crippen LogP contribution in [0.4, 0.5) is 5.69 Å². The molecule has 0 aromatic heterocycles. The largest absolute Gasteiger partial charge is 0.342 e. The van der Waals surface area contributed by atoms with Crippen LogP contribution in [0.25, 0.3) is 0 Å². The van der Waals surface area contributed by atoms with E-state index in [2.05, 4.69) is 5.32 Å². The lowest BCUT2D eigenvalue weighted by molar-refractivity contribution is -0.142. The van der Waals surface area contributed by atoms with E-state index in [-0.39, 0.29) is 35.5 Å². The zero-order chi connectivity index (χ0) is 19.5. The third kappa shape index (κ3) is 4.37. The van der Waals surface area contributed by atoms with Gasteiger partial charge in [-0.1, -0.05) is 18.2 Å². The molecular formula is C22H29N3O3. The number of hydrogen-bond donors (Lipinski definition) is 1. The van der Waals surface area contributed by atoms with Gasteiger partial charge in [-0.25, -0.2) is 0 Å². The Kier molecular flexibility index (Phi) is 5.64. The summed E-state index contributed by atoms with van der Waals surface area (Å²) in [5.41, 5.74) is 0.818. The van der Waals surface area contributed by atoms with Gasteiger partial charge in [-0.3, -0.25) is 14.4 Å². The van der Waals surface area contributed by atoms with E-state index in [9.17, 15) is 14.4 Å². The zero-order valence-corrected chi connectivity index (χ0v) is 16.3. The standard InChI is InChI=1S/C22H29N3O3/c26-20(23-19-4-2-1-3-5-19)16-8-12-24(13-9-16)22(28)18-10-14-25(15-11-18)21(27)17-6-7-17/h1-5,16-18H,6-15H2,(H,23,26). The van der Waals surface area contributed by atoms with Gasteiger partial charge >= 0.3 is 0 Å². The van der Waals surface area contributed by atoms with Crippen molar-refractivity contribution in [3.63, 3.8) is 0 Å². The van der Waals surface area contributed by atoms with Crippen molar-refractivity contribution in [2.45, 2.75) is 38.5 Å². The van der Waals surface area contributed by atoms with Gasteiger partial charge in [0.15, 0.2) is 0 Å². The second-order valence-corrected chi connectivity index (χ2v) is 8.33. The van der Waals surface area contributed by atoms with Crippen LogP contribution in [0.1, 0.15) is 38.5 Å². The molecule has 150 valence electrons. The van der Waals surface area contributed by atoms with Crippen molar-refractivity contribution in [1.29, 1.82) is 0 Å². The number of carbonyl (C=O) groups is 3. The summed E-state index contributed by atoms with van der Waals surface area (Å²) in [6.45, 7) is 2.71. The van der Waals surface area contributed by atoms with Crippen LogP contribution in [-0.4, -0.2) is 53.7 Å². The van der Waals surface area contributed by atoms with Crippen molar-refractivity contribution in [3.8, 4) is 0 Å². The van der Waals surface area contributed by atoms with Crippen LogP contribution in [0.3, 0.4) is 0 Å². The van der Waals surface area contributed by atoms with E-state index < -0.39 is 0 Å². The Morgan fingerprint density at radius 2 is 1.14 bits per heavy atom. The molecule has 0 radical (unpaired) electrons. The minimum atomic E-state index is -0.0396. The molecule has 6 heteroatoms. The summed E-state index contributed by atoms with van der Waals surface area (Å²) in [5, 5.41) is 2.97. The van der Waals surface area contributed by atoms with Gasteiger partial charge in [-0.15, -0.1) is 0 Å². The quantitative estimate of drug-likeness (QED) is 0.869. The Hall–Kier alpha value is -2.37. The van der Waals surface area contributed by atoms with Crippen molar-refractivity contribution in [2.75, 3.05) is 31.5 Å². The summed E-state index contributed by atoms with van der Waals surface area (Å²) in [7, 11) is 0. The molecule has 1 aromatic carbocycles. The van der Waals surface area contributed by atoms with Crippen molar-refractivity contribution in [1.82, 2.24) is 9.80 Å². The highest BCUT2D eigenvalue weighted by Gasteiger charge is 2.37. The number of likely N-dealkylation sites (tertiary alicyclic amines) is 2. The fourth-order valence-corrected chi connectivity index (χ4v) is 4.32. The molecule has 1 aliphatic carbocycles. The summed E-state index contributed by atoms with van der Waals surface area (Å²) in [6.07, 6.45) is 5.03. The second kappa shape index (κ2) is 8.33. The van der Waals surface area contributed by atoms with Gasteiger partial charge in [0.2, 0.25) is 17.7 Å². The lowest BCUT2D eigenvalue weighted by Gasteiger charge is -2.37. The predicted octanol–water partition coefficient (Wildman–Crippen LogP) is 2.51. The van der Waals surface area contributed by atoms with E-state index in [0.29, 0.717) is 39.0 Å². The number of carbonyl (C=O) groups excluding carboxylic acids is 3. The SMILES string of the molecule is O=C(Nc1ccccc1)C1CCN(C(=O)C2CCN(C(=O)C3CC3)CC2)CC1. The lowest BCUT2D eigenvalue weighted by atomic mass is 9.91. The monoisotopic (exact) mass is 383 g/mol. The Morgan fingerprint density at radius 1 is 0.679 bits per heavy atom. The molecule has 0 atom stereocenters. The smallest absolute Gasteiger partial charge is 0.227 e.